The lowest BCUT2D eigenvalue weighted by molar-refractivity contribution is 0.0472. The second-order valence-corrected chi connectivity index (χ2v) is 11.9. The van der Waals surface area contributed by atoms with Gasteiger partial charge in [0.05, 0.1) is 35.7 Å². The van der Waals surface area contributed by atoms with Crippen molar-refractivity contribution in [1.29, 1.82) is 0 Å². The van der Waals surface area contributed by atoms with Crippen LogP contribution in [0.3, 0.4) is 0 Å². The molecule has 0 unspecified atom stereocenters. The number of benzene rings is 4. The van der Waals surface area contributed by atoms with Gasteiger partial charge in [0.1, 0.15) is 23.9 Å². The quantitative estimate of drug-likeness (QED) is 0.0404. The van der Waals surface area contributed by atoms with Crippen molar-refractivity contribution >= 4 is 23.3 Å². The summed E-state index contributed by atoms with van der Waals surface area (Å²) in [5, 5.41) is 8.88. The van der Waals surface area contributed by atoms with Crippen molar-refractivity contribution in [2.24, 2.45) is 10.2 Å². The largest absolute Gasteiger partial charge is 0.494 e. The first-order valence-corrected chi connectivity index (χ1v) is 17.5. The molecular formula is C41H48N2O6. The Balaban J connectivity index is 1.45. The van der Waals surface area contributed by atoms with E-state index in [-0.39, 0.29) is 6.61 Å². The lowest BCUT2D eigenvalue weighted by Gasteiger charge is -2.11. The molecule has 0 aliphatic heterocycles. The Morgan fingerprint density at radius 3 is 1.80 bits per heavy atom. The number of nitrogens with zero attached hydrogens (tertiary/aromatic N) is 2. The Bertz CT molecular complexity index is 1620. The number of unbranched alkanes of at least 4 members (excludes halogenated alkanes) is 5. The minimum atomic E-state index is -0.520. The molecule has 0 aliphatic rings. The van der Waals surface area contributed by atoms with Crippen LogP contribution in [0.25, 0.3) is 0 Å². The molecule has 0 saturated heterocycles. The first-order chi connectivity index (χ1) is 24.0. The van der Waals surface area contributed by atoms with Crippen molar-refractivity contribution in [2.75, 3.05) is 13.2 Å². The molecule has 49 heavy (non-hydrogen) atoms. The van der Waals surface area contributed by atoms with E-state index in [4.69, 9.17) is 18.9 Å². The number of aryl methyl sites for hydroxylation is 1. The van der Waals surface area contributed by atoms with E-state index in [9.17, 15) is 9.59 Å². The number of ether oxygens (including phenoxy) is 4. The van der Waals surface area contributed by atoms with Crippen molar-refractivity contribution in [3.63, 3.8) is 0 Å². The van der Waals surface area contributed by atoms with Gasteiger partial charge in [-0.05, 0) is 110 Å². The van der Waals surface area contributed by atoms with Gasteiger partial charge in [0.2, 0.25) is 0 Å². The first kappa shape index (κ1) is 36.8. The third-order valence-electron chi connectivity index (χ3n) is 7.86. The molecule has 4 rings (SSSR count). The summed E-state index contributed by atoms with van der Waals surface area (Å²) in [6, 6.07) is 26.7. The molecular weight excluding hydrogens is 616 g/mol. The summed E-state index contributed by atoms with van der Waals surface area (Å²) in [6.45, 7) is 7.62. The molecule has 0 aliphatic carbocycles. The van der Waals surface area contributed by atoms with Gasteiger partial charge >= 0.3 is 11.9 Å². The zero-order chi connectivity index (χ0) is 34.7. The van der Waals surface area contributed by atoms with Crippen LogP contribution in [0.2, 0.25) is 0 Å². The van der Waals surface area contributed by atoms with Crippen LogP contribution < -0.4 is 14.2 Å². The highest BCUT2D eigenvalue weighted by Crippen LogP contribution is 2.29. The Hall–Kier alpha value is -4.98. The topological polar surface area (TPSA) is 95.8 Å². The van der Waals surface area contributed by atoms with Crippen molar-refractivity contribution in [2.45, 2.75) is 85.2 Å². The fraction of sp³-hybridized carbons (Fsp3) is 0.366. The highest BCUT2D eigenvalue weighted by Gasteiger charge is 2.14. The van der Waals surface area contributed by atoms with Crippen molar-refractivity contribution in [1.82, 2.24) is 0 Å². The average molecular weight is 665 g/mol. The normalized spacial score (nSPS) is 11.0. The molecule has 0 saturated carbocycles. The van der Waals surface area contributed by atoms with Crippen LogP contribution >= 0.6 is 0 Å². The number of carbonyl (C=O) groups is 2. The lowest BCUT2D eigenvalue weighted by Crippen LogP contribution is -2.09. The van der Waals surface area contributed by atoms with E-state index in [1.807, 2.05) is 12.1 Å². The van der Waals surface area contributed by atoms with Gasteiger partial charge in [-0.2, -0.15) is 10.2 Å². The van der Waals surface area contributed by atoms with E-state index in [0.29, 0.717) is 58.5 Å². The fourth-order valence-corrected chi connectivity index (χ4v) is 4.88. The molecule has 0 atom stereocenters. The smallest absolute Gasteiger partial charge is 0.343 e. The summed E-state index contributed by atoms with van der Waals surface area (Å²) < 4.78 is 22.9. The number of carbonyl (C=O) groups excluding carboxylic acids is 2. The van der Waals surface area contributed by atoms with Gasteiger partial charge in [-0.3, -0.25) is 0 Å². The van der Waals surface area contributed by atoms with Gasteiger partial charge in [-0.25, -0.2) is 9.59 Å². The maximum absolute atomic E-state index is 13.0. The van der Waals surface area contributed by atoms with E-state index in [2.05, 4.69) is 43.1 Å². The Morgan fingerprint density at radius 1 is 0.571 bits per heavy atom. The average Bonchev–Trinajstić information content (AvgIpc) is 3.13. The van der Waals surface area contributed by atoms with E-state index in [0.717, 1.165) is 44.9 Å². The van der Waals surface area contributed by atoms with Crippen molar-refractivity contribution in [3.8, 4) is 17.2 Å². The predicted molar refractivity (Wildman–Crippen MR) is 193 cm³/mol. The molecule has 4 aromatic carbocycles. The number of hydrogen-bond donors (Lipinski definition) is 0. The number of azo groups is 1. The molecule has 4 aromatic rings. The predicted octanol–water partition coefficient (Wildman–Crippen LogP) is 11.2. The van der Waals surface area contributed by atoms with Crippen LogP contribution in [0.5, 0.6) is 17.2 Å². The van der Waals surface area contributed by atoms with Crippen LogP contribution in [-0.2, 0) is 17.8 Å². The van der Waals surface area contributed by atoms with Crippen LogP contribution in [0, 0.1) is 0 Å². The summed E-state index contributed by atoms with van der Waals surface area (Å²) in [6.07, 6.45) is 9.80. The maximum atomic E-state index is 13.0. The van der Waals surface area contributed by atoms with Gasteiger partial charge in [0.25, 0.3) is 0 Å². The summed E-state index contributed by atoms with van der Waals surface area (Å²) in [7, 11) is 0. The molecule has 0 amide bonds. The molecule has 0 heterocycles. The Morgan fingerprint density at radius 2 is 1.16 bits per heavy atom. The third kappa shape index (κ3) is 12.5. The molecule has 0 N–H and O–H groups in total. The molecule has 0 fully saturated rings. The summed E-state index contributed by atoms with van der Waals surface area (Å²) in [5.41, 5.74) is 3.76. The maximum Gasteiger partial charge on any atom is 0.343 e. The van der Waals surface area contributed by atoms with E-state index in [1.165, 1.54) is 18.4 Å². The molecule has 0 radical (unpaired) electrons. The zero-order valence-corrected chi connectivity index (χ0v) is 29.0. The van der Waals surface area contributed by atoms with Crippen LogP contribution in [0.4, 0.5) is 11.4 Å². The molecule has 0 aromatic heterocycles. The highest BCUT2D eigenvalue weighted by molar-refractivity contribution is 5.91. The van der Waals surface area contributed by atoms with Crippen LogP contribution in [0.1, 0.15) is 104 Å². The number of rotatable bonds is 20. The fourth-order valence-electron chi connectivity index (χ4n) is 4.88. The minimum Gasteiger partial charge on any atom is -0.494 e. The van der Waals surface area contributed by atoms with Crippen LogP contribution in [0.15, 0.2) is 101 Å². The molecule has 258 valence electrons. The lowest BCUT2D eigenvalue weighted by atomic mass is 10.1. The molecule has 0 bridgehead atoms. The van der Waals surface area contributed by atoms with Gasteiger partial charge < -0.3 is 18.9 Å². The van der Waals surface area contributed by atoms with Gasteiger partial charge in [0.15, 0.2) is 0 Å². The zero-order valence-electron chi connectivity index (χ0n) is 29.0. The van der Waals surface area contributed by atoms with E-state index >= 15 is 0 Å². The first-order valence-electron chi connectivity index (χ1n) is 17.5. The minimum absolute atomic E-state index is 0.103. The van der Waals surface area contributed by atoms with Gasteiger partial charge in [-0.15, -0.1) is 0 Å². The second kappa shape index (κ2) is 20.4. The summed E-state index contributed by atoms with van der Waals surface area (Å²) in [4.78, 5) is 26.0. The highest BCUT2D eigenvalue weighted by atomic mass is 16.5. The summed E-state index contributed by atoms with van der Waals surface area (Å²) >= 11 is 0. The Labute approximate surface area is 290 Å². The standard InChI is InChI=1S/C41H48N2O6/c1-4-7-10-11-28-47-37-21-15-32(16-22-37)40(44)48-30-34-29-38(49-41(45)33-17-23-36(24-18-33)46-27-9-6-3)25-26-39(34)43-42-35-19-13-31(14-20-35)12-8-5-2/h13-26,29H,4-12,27-28,30H2,1-3H3. The van der Waals surface area contributed by atoms with Crippen LogP contribution in [-0.4, -0.2) is 25.2 Å². The summed E-state index contributed by atoms with van der Waals surface area (Å²) in [5.74, 6) is 0.683. The van der Waals surface area contributed by atoms with Gasteiger partial charge in [0, 0.05) is 5.56 Å². The van der Waals surface area contributed by atoms with Gasteiger partial charge in [-0.1, -0.05) is 65.0 Å². The molecule has 8 nitrogen and oxygen atoms in total. The number of esters is 2. The van der Waals surface area contributed by atoms with Crippen molar-refractivity contribution < 1.29 is 28.5 Å². The third-order valence-corrected chi connectivity index (χ3v) is 7.86. The number of hydrogen-bond acceptors (Lipinski definition) is 8. The molecule has 8 heteroatoms. The van der Waals surface area contributed by atoms with E-state index < -0.39 is 11.9 Å². The van der Waals surface area contributed by atoms with E-state index in [1.54, 1.807) is 66.7 Å². The Kier molecular flexibility index (Phi) is 15.3. The van der Waals surface area contributed by atoms with Crippen molar-refractivity contribution in [3.05, 3.63) is 113 Å². The SMILES string of the molecule is CCCCCCOc1ccc(C(=O)OCc2cc(OC(=O)c3ccc(OCCCC)cc3)ccc2N=Nc2ccc(CCCC)cc2)cc1. The monoisotopic (exact) mass is 664 g/mol. The second-order valence-electron chi connectivity index (χ2n) is 11.9. The molecule has 0 spiro atoms.